The number of nitrogens with zero attached hydrogens (tertiary/aromatic N) is 1. The predicted molar refractivity (Wildman–Crippen MR) is 53.6 cm³/mol. The van der Waals surface area contributed by atoms with Crippen LogP contribution in [0.3, 0.4) is 0 Å². The standard InChI is InChI=1S/C4H7N3.2C2H6.H2/c5-4-1-6-3-7-2-4;2*1-2;/h1,3H,2,5H2,(H,6,7);2*1-2H3;1H. The van der Waals surface area contributed by atoms with Gasteiger partial charge in [0.15, 0.2) is 0 Å². The average molecular weight is 159 g/mol. The van der Waals surface area contributed by atoms with E-state index in [1.54, 1.807) is 12.5 Å². The third-order valence-electron chi connectivity index (χ3n) is 0.708. The molecular weight excluding hydrogens is 138 g/mol. The van der Waals surface area contributed by atoms with Crippen LogP contribution in [-0.2, 0) is 0 Å². The molecule has 0 spiro atoms. The van der Waals surface area contributed by atoms with E-state index in [0.717, 1.165) is 5.70 Å². The van der Waals surface area contributed by atoms with E-state index in [1.165, 1.54) is 0 Å². The Kier molecular flexibility index (Phi) is 13.5. The fourth-order valence-corrected chi connectivity index (χ4v) is 0.394. The van der Waals surface area contributed by atoms with Gasteiger partial charge in [-0.1, -0.05) is 27.7 Å². The van der Waals surface area contributed by atoms with E-state index in [9.17, 15) is 0 Å². The van der Waals surface area contributed by atoms with E-state index in [1.807, 2.05) is 27.7 Å². The maximum absolute atomic E-state index is 5.32. The van der Waals surface area contributed by atoms with Crippen molar-refractivity contribution in [3.05, 3.63) is 11.9 Å². The Morgan fingerprint density at radius 1 is 1.45 bits per heavy atom. The zero-order valence-electron chi connectivity index (χ0n) is 7.89. The molecule has 3 heteroatoms. The first-order valence-electron chi connectivity index (χ1n) is 4.08. The molecule has 0 unspecified atom stereocenters. The van der Waals surface area contributed by atoms with Crippen LogP contribution in [0.2, 0.25) is 0 Å². The number of rotatable bonds is 0. The highest BCUT2D eigenvalue weighted by Gasteiger charge is 1.87. The Bertz CT molecular complexity index is 121. The summed E-state index contributed by atoms with van der Waals surface area (Å²) in [6.07, 6.45) is 3.35. The molecule has 0 aromatic heterocycles. The summed E-state index contributed by atoms with van der Waals surface area (Å²) in [5, 5.41) is 2.76. The zero-order chi connectivity index (χ0) is 9.11. The van der Waals surface area contributed by atoms with Crippen molar-refractivity contribution in [1.82, 2.24) is 5.32 Å². The summed E-state index contributed by atoms with van der Waals surface area (Å²) >= 11 is 0. The molecule has 0 aromatic rings. The van der Waals surface area contributed by atoms with Crippen LogP contribution in [0.4, 0.5) is 0 Å². The highest BCUT2D eigenvalue weighted by atomic mass is 15.0. The molecule has 0 amide bonds. The lowest BCUT2D eigenvalue weighted by Crippen LogP contribution is -2.14. The van der Waals surface area contributed by atoms with Gasteiger partial charge in [-0.2, -0.15) is 0 Å². The Hall–Kier alpha value is -0.990. The third-order valence-corrected chi connectivity index (χ3v) is 0.708. The van der Waals surface area contributed by atoms with E-state index in [-0.39, 0.29) is 1.43 Å². The van der Waals surface area contributed by atoms with Crippen LogP contribution >= 0.6 is 0 Å². The summed E-state index contributed by atoms with van der Waals surface area (Å²) in [4.78, 5) is 3.83. The summed E-state index contributed by atoms with van der Waals surface area (Å²) in [5.41, 5.74) is 6.10. The van der Waals surface area contributed by atoms with Gasteiger partial charge in [-0.15, -0.1) is 0 Å². The first-order chi connectivity index (χ1) is 5.39. The Balaban J connectivity index is -0.000000144. The number of aliphatic imine (C=N–C) groups is 1. The van der Waals surface area contributed by atoms with E-state index >= 15 is 0 Å². The van der Waals surface area contributed by atoms with Crippen LogP contribution in [0.15, 0.2) is 16.9 Å². The quantitative estimate of drug-likeness (QED) is 0.565. The van der Waals surface area contributed by atoms with Crippen molar-refractivity contribution >= 4 is 6.34 Å². The molecule has 1 heterocycles. The molecule has 68 valence electrons. The van der Waals surface area contributed by atoms with Gasteiger partial charge in [-0.05, 0) is 0 Å². The van der Waals surface area contributed by atoms with Gasteiger partial charge in [-0.3, -0.25) is 4.99 Å². The normalized spacial score (nSPS) is 12.5. The van der Waals surface area contributed by atoms with Crippen LogP contribution < -0.4 is 11.1 Å². The van der Waals surface area contributed by atoms with Crippen molar-refractivity contribution in [2.24, 2.45) is 10.7 Å². The summed E-state index contributed by atoms with van der Waals surface area (Å²) < 4.78 is 0. The molecule has 1 aliphatic heterocycles. The van der Waals surface area contributed by atoms with E-state index in [0.29, 0.717) is 6.54 Å². The number of nitrogens with two attached hydrogens (primary N) is 1. The van der Waals surface area contributed by atoms with E-state index in [4.69, 9.17) is 5.73 Å². The van der Waals surface area contributed by atoms with E-state index < -0.39 is 0 Å². The smallest absolute Gasteiger partial charge is 0.0868 e. The van der Waals surface area contributed by atoms with Gasteiger partial charge < -0.3 is 11.1 Å². The maximum atomic E-state index is 5.32. The highest BCUT2D eigenvalue weighted by Crippen LogP contribution is 1.83. The number of hydrogen-bond donors (Lipinski definition) is 2. The fourth-order valence-electron chi connectivity index (χ4n) is 0.394. The average Bonchev–Trinajstić information content (AvgIpc) is 2.13. The minimum atomic E-state index is 0. The number of hydrogen-bond acceptors (Lipinski definition) is 3. The SMILES string of the molecule is CC.CC.NC1=CNC=NC1.[HH]. The molecular formula is C8H21N3. The molecule has 0 saturated heterocycles. The lowest BCUT2D eigenvalue weighted by molar-refractivity contribution is 1.03. The van der Waals surface area contributed by atoms with Crippen LogP contribution in [-0.4, -0.2) is 12.9 Å². The second-order valence-corrected chi connectivity index (χ2v) is 1.36. The minimum absolute atomic E-state index is 0. The molecule has 11 heavy (non-hydrogen) atoms. The number of nitrogens with one attached hydrogen (secondary N) is 1. The molecule has 0 fully saturated rings. The summed E-state index contributed by atoms with van der Waals surface area (Å²) in [5.74, 6) is 0. The lowest BCUT2D eigenvalue weighted by Gasteiger charge is -2.00. The monoisotopic (exact) mass is 159 g/mol. The molecule has 0 aliphatic carbocycles. The largest absolute Gasteiger partial charge is 0.399 e. The van der Waals surface area contributed by atoms with Gasteiger partial charge in [0.2, 0.25) is 0 Å². The van der Waals surface area contributed by atoms with Crippen LogP contribution in [0, 0.1) is 0 Å². The summed E-state index contributed by atoms with van der Waals surface area (Å²) in [6, 6.07) is 0. The van der Waals surface area contributed by atoms with E-state index in [2.05, 4.69) is 10.3 Å². The van der Waals surface area contributed by atoms with Gasteiger partial charge >= 0.3 is 0 Å². The molecule has 1 rings (SSSR count). The second-order valence-electron chi connectivity index (χ2n) is 1.36. The fraction of sp³-hybridized carbons (Fsp3) is 0.625. The van der Waals surface area contributed by atoms with Gasteiger partial charge in [0, 0.05) is 13.3 Å². The van der Waals surface area contributed by atoms with Crippen molar-refractivity contribution < 1.29 is 1.43 Å². The zero-order valence-corrected chi connectivity index (χ0v) is 7.89. The minimum Gasteiger partial charge on any atom is -0.399 e. The molecule has 3 nitrogen and oxygen atoms in total. The molecule has 0 saturated carbocycles. The van der Waals surface area contributed by atoms with Gasteiger partial charge in [0.05, 0.1) is 12.9 Å². The van der Waals surface area contributed by atoms with Crippen LogP contribution in [0.25, 0.3) is 0 Å². The van der Waals surface area contributed by atoms with Crippen molar-refractivity contribution in [2.45, 2.75) is 27.7 Å². The van der Waals surface area contributed by atoms with Gasteiger partial charge in [0.25, 0.3) is 0 Å². The first-order valence-corrected chi connectivity index (χ1v) is 4.08. The topological polar surface area (TPSA) is 50.4 Å². The van der Waals surface area contributed by atoms with Gasteiger partial charge in [0.1, 0.15) is 0 Å². The van der Waals surface area contributed by atoms with Crippen LogP contribution in [0.5, 0.6) is 0 Å². The lowest BCUT2D eigenvalue weighted by atomic mass is 10.5. The maximum Gasteiger partial charge on any atom is 0.0868 e. The van der Waals surface area contributed by atoms with Gasteiger partial charge in [-0.25, -0.2) is 0 Å². The van der Waals surface area contributed by atoms with Crippen molar-refractivity contribution in [3.8, 4) is 0 Å². The molecule has 0 bridgehead atoms. The molecule has 0 aromatic carbocycles. The first kappa shape index (κ1) is 12.7. The summed E-state index contributed by atoms with van der Waals surface area (Å²) in [6.45, 7) is 8.63. The predicted octanol–water partition coefficient (Wildman–Crippen LogP) is 1.72. The molecule has 3 N–H and O–H groups in total. The highest BCUT2D eigenvalue weighted by molar-refractivity contribution is 5.57. The Morgan fingerprint density at radius 3 is 2.18 bits per heavy atom. The molecule has 1 aliphatic rings. The Morgan fingerprint density at radius 2 is 2.00 bits per heavy atom. The summed E-state index contributed by atoms with van der Waals surface area (Å²) in [7, 11) is 0. The van der Waals surface area contributed by atoms with Crippen molar-refractivity contribution in [2.75, 3.05) is 6.54 Å². The Labute approximate surface area is 70.9 Å². The van der Waals surface area contributed by atoms with Crippen molar-refractivity contribution in [3.63, 3.8) is 0 Å². The third kappa shape index (κ3) is 9.01. The molecule has 0 radical (unpaired) electrons. The molecule has 0 atom stereocenters. The van der Waals surface area contributed by atoms with Crippen LogP contribution in [0.1, 0.15) is 29.1 Å². The second kappa shape index (κ2) is 11.8. The van der Waals surface area contributed by atoms with Crippen molar-refractivity contribution in [1.29, 1.82) is 0 Å².